The number of likely N-dealkylation sites (N-methyl/N-ethyl adjacent to an activating group) is 1. The lowest BCUT2D eigenvalue weighted by molar-refractivity contribution is -0.140. The molecule has 2 heterocycles. The number of allylic oxidation sites excluding steroid dienone is 4. The van der Waals surface area contributed by atoms with Crippen molar-refractivity contribution in [1.29, 1.82) is 5.41 Å². The summed E-state index contributed by atoms with van der Waals surface area (Å²) in [5.41, 5.74) is 1.82. The van der Waals surface area contributed by atoms with Crippen molar-refractivity contribution < 1.29 is 14.3 Å². The Kier molecular flexibility index (Phi) is 6.67. The largest absolute Gasteiger partial charge is 0.489 e. The smallest absolute Gasteiger partial charge is 0.273 e. The van der Waals surface area contributed by atoms with Gasteiger partial charge in [0.2, 0.25) is 0 Å². The van der Waals surface area contributed by atoms with Gasteiger partial charge in [0.25, 0.3) is 11.8 Å². The van der Waals surface area contributed by atoms with Crippen LogP contribution in [0.3, 0.4) is 0 Å². The van der Waals surface area contributed by atoms with Crippen molar-refractivity contribution in [2.75, 3.05) is 20.2 Å². The van der Waals surface area contributed by atoms with Crippen LogP contribution in [0.4, 0.5) is 0 Å². The Labute approximate surface area is 211 Å². The zero-order valence-corrected chi connectivity index (χ0v) is 21.2. The number of hydrogen-bond donors (Lipinski definition) is 2. The maximum Gasteiger partial charge on any atom is 0.273 e. The van der Waals surface area contributed by atoms with Gasteiger partial charge in [0.05, 0.1) is 15.7 Å². The van der Waals surface area contributed by atoms with E-state index in [1.54, 1.807) is 7.05 Å². The molecule has 9 heteroatoms. The zero-order valence-electron chi connectivity index (χ0n) is 18.3. The van der Waals surface area contributed by atoms with Gasteiger partial charge < -0.3 is 19.9 Å². The number of halogens is 2. The van der Waals surface area contributed by atoms with Gasteiger partial charge in [0, 0.05) is 19.2 Å². The quantitative estimate of drug-likeness (QED) is 0.326. The van der Waals surface area contributed by atoms with Gasteiger partial charge in [0.1, 0.15) is 29.3 Å². The molecule has 4 rings (SSSR count). The van der Waals surface area contributed by atoms with Crippen LogP contribution in [0.5, 0.6) is 0 Å². The lowest BCUT2D eigenvalue weighted by Crippen LogP contribution is -2.49. The van der Waals surface area contributed by atoms with Crippen LogP contribution in [-0.4, -0.2) is 57.0 Å². The van der Waals surface area contributed by atoms with Crippen molar-refractivity contribution in [2.45, 2.75) is 22.9 Å². The first kappa shape index (κ1) is 23.6. The minimum atomic E-state index is -0.862. The number of hydrogen-bond acceptors (Lipinski definition) is 5. The molecule has 0 radical (unpaired) electrons. The third-order valence-electron chi connectivity index (χ3n) is 5.79. The van der Waals surface area contributed by atoms with Crippen molar-refractivity contribution in [3.05, 3.63) is 82.4 Å². The van der Waals surface area contributed by atoms with E-state index in [9.17, 15) is 9.59 Å². The fourth-order valence-corrected chi connectivity index (χ4v) is 4.40. The van der Waals surface area contributed by atoms with Gasteiger partial charge in [-0.3, -0.25) is 15.0 Å². The summed E-state index contributed by atoms with van der Waals surface area (Å²) in [6.07, 6.45) is 7.72. The molecule has 0 saturated carbocycles. The van der Waals surface area contributed by atoms with E-state index in [1.807, 2.05) is 54.6 Å². The lowest BCUT2D eigenvalue weighted by atomic mass is 10.1. The lowest BCUT2D eigenvalue weighted by Gasteiger charge is -2.27. The van der Waals surface area contributed by atoms with Gasteiger partial charge in [-0.1, -0.05) is 76.7 Å². The highest BCUT2D eigenvalue weighted by molar-refractivity contribution is 14.1. The number of ether oxygens (including phenoxy) is 1. The predicted molar refractivity (Wildman–Crippen MR) is 136 cm³/mol. The van der Waals surface area contributed by atoms with Crippen LogP contribution >= 0.6 is 34.2 Å². The topological polar surface area (TPSA) is 85.7 Å². The molecule has 1 aliphatic carbocycles. The Morgan fingerprint density at radius 1 is 1.27 bits per heavy atom. The summed E-state index contributed by atoms with van der Waals surface area (Å²) in [5, 5.41) is 11.6. The highest BCUT2D eigenvalue weighted by Gasteiger charge is 2.43. The molecule has 2 aliphatic heterocycles. The van der Waals surface area contributed by atoms with Crippen molar-refractivity contribution in [1.82, 2.24) is 15.1 Å². The van der Waals surface area contributed by atoms with Gasteiger partial charge >= 0.3 is 0 Å². The van der Waals surface area contributed by atoms with Crippen LogP contribution in [0.15, 0.2) is 76.8 Å². The third-order valence-corrected chi connectivity index (χ3v) is 6.87. The van der Waals surface area contributed by atoms with Gasteiger partial charge in [-0.2, -0.15) is 0 Å². The molecule has 0 aromatic heterocycles. The van der Waals surface area contributed by atoms with E-state index in [-0.39, 0.29) is 33.3 Å². The predicted octanol–water partition coefficient (Wildman–Crippen LogP) is 3.48. The van der Waals surface area contributed by atoms with E-state index >= 15 is 0 Å². The zero-order chi connectivity index (χ0) is 23.8. The minimum absolute atomic E-state index is 0.000486. The molecule has 2 amide bonds. The molecular weight excluding hydrogens is 555 g/mol. The van der Waals surface area contributed by atoms with Gasteiger partial charge in [-0.25, -0.2) is 0 Å². The first-order chi connectivity index (χ1) is 15.7. The van der Waals surface area contributed by atoms with Crippen LogP contribution < -0.4 is 5.32 Å². The highest BCUT2D eigenvalue weighted by Crippen LogP contribution is 2.31. The number of nitrogens with zero attached hydrogens (tertiary/aromatic N) is 2. The molecule has 1 aromatic carbocycles. The Hall–Kier alpha value is -2.59. The van der Waals surface area contributed by atoms with E-state index in [2.05, 4.69) is 34.8 Å². The summed E-state index contributed by atoms with van der Waals surface area (Å²) in [6, 6.07) is 8.83. The summed E-state index contributed by atoms with van der Waals surface area (Å²) in [6.45, 7) is 2.58. The summed E-state index contributed by atoms with van der Waals surface area (Å²) in [5.74, 6) is -0.237. The maximum atomic E-state index is 13.3. The first-order valence-electron chi connectivity index (χ1n) is 10.5. The van der Waals surface area contributed by atoms with Crippen LogP contribution in [0, 0.1) is 5.41 Å². The van der Waals surface area contributed by atoms with Gasteiger partial charge in [0.15, 0.2) is 0 Å². The van der Waals surface area contributed by atoms with Crippen molar-refractivity contribution in [3.63, 3.8) is 0 Å². The van der Waals surface area contributed by atoms with E-state index in [0.717, 1.165) is 5.56 Å². The standard InChI is InChI=1S/C24H24ClIN4O3/c1-24(26)10-8-17-19(9-11-24)33-14-18(22(31)29(17)2)30-13-16(20(27)23(30)32)21(25)28-12-15-6-4-3-5-7-15/h3-11,18,27-28H,12-14H2,1-2H3/b21-16-,27-20?/t18-,24?/m0/s1. The van der Waals surface area contributed by atoms with Crippen LogP contribution in [0.1, 0.15) is 12.5 Å². The van der Waals surface area contributed by atoms with Crippen molar-refractivity contribution in [2.24, 2.45) is 0 Å². The SMILES string of the molecule is CN1C(=O)[C@@H](N2C/C(=C(\Cl)NCc3ccccc3)C(=N)C2=O)COC2=C1C=CC(C)(I)C=C2. The number of nitrogens with one attached hydrogen (secondary N) is 2. The molecule has 3 aliphatic rings. The summed E-state index contributed by atoms with van der Waals surface area (Å²) >= 11 is 8.75. The van der Waals surface area contributed by atoms with E-state index in [1.165, 1.54) is 9.80 Å². The average Bonchev–Trinajstić information content (AvgIpc) is 2.93. The molecule has 33 heavy (non-hydrogen) atoms. The number of carbonyl (C=O) groups excluding carboxylic acids is 2. The summed E-state index contributed by atoms with van der Waals surface area (Å²) < 4.78 is 5.78. The monoisotopic (exact) mass is 578 g/mol. The molecule has 2 N–H and O–H groups in total. The molecule has 0 spiro atoms. The number of carbonyl (C=O) groups is 2. The van der Waals surface area contributed by atoms with Crippen LogP contribution in [-0.2, 0) is 20.9 Å². The van der Waals surface area contributed by atoms with E-state index in [4.69, 9.17) is 21.7 Å². The Morgan fingerprint density at radius 2 is 1.97 bits per heavy atom. The number of benzene rings is 1. The second-order valence-electron chi connectivity index (χ2n) is 8.23. The molecule has 172 valence electrons. The van der Waals surface area contributed by atoms with E-state index < -0.39 is 11.9 Å². The summed E-state index contributed by atoms with van der Waals surface area (Å²) in [4.78, 5) is 29.1. The van der Waals surface area contributed by atoms with Crippen LogP contribution in [0.25, 0.3) is 0 Å². The Bertz CT molecular complexity index is 1120. The number of likely N-dealkylation sites (tertiary alicyclic amines) is 1. The fourth-order valence-electron chi connectivity index (χ4n) is 3.82. The van der Waals surface area contributed by atoms with Crippen LogP contribution in [0.2, 0.25) is 0 Å². The molecule has 1 aromatic rings. The van der Waals surface area contributed by atoms with Gasteiger partial charge in [-0.05, 0) is 24.6 Å². The average molecular weight is 579 g/mol. The van der Waals surface area contributed by atoms with Gasteiger partial charge in [-0.15, -0.1) is 0 Å². The molecule has 1 unspecified atom stereocenters. The molecular formula is C24H24ClIN4O3. The van der Waals surface area contributed by atoms with Crippen molar-refractivity contribution >= 4 is 51.7 Å². The molecule has 1 fully saturated rings. The normalized spacial score (nSPS) is 26.8. The highest BCUT2D eigenvalue weighted by atomic mass is 127. The number of rotatable bonds is 4. The Balaban J connectivity index is 1.53. The number of alkyl halides is 1. The molecule has 0 bridgehead atoms. The second kappa shape index (κ2) is 9.34. The summed E-state index contributed by atoms with van der Waals surface area (Å²) in [7, 11) is 1.67. The Morgan fingerprint density at radius 3 is 2.70 bits per heavy atom. The number of amides is 2. The maximum absolute atomic E-state index is 13.3. The van der Waals surface area contributed by atoms with E-state index in [0.29, 0.717) is 23.6 Å². The fraction of sp³-hybridized carbons (Fsp3) is 0.292. The van der Waals surface area contributed by atoms with Crippen molar-refractivity contribution in [3.8, 4) is 0 Å². The second-order valence-corrected chi connectivity index (χ2v) is 10.9. The minimum Gasteiger partial charge on any atom is -0.489 e. The molecule has 7 nitrogen and oxygen atoms in total. The third kappa shape index (κ3) is 4.86. The molecule has 1 saturated heterocycles. The first-order valence-corrected chi connectivity index (χ1v) is 11.9. The molecule has 2 atom stereocenters.